The van der Waals surface area contributed by atoms with Crippen molar-refractivity contribution < 1.29 is 15.3 Å². The maximum absolute atomic E-state index is 9.51. The number of benzene rings is 2. The maximum Gasteiger partial charge on any atom is 0.140 e. The molecule has 0 aliphatic heterocycles. The van der Waals surface area contributed by atoms with Crippen LogP contribution in [0.1, 0.15) is 5.56 Å². The van der Waals surface area contributed by atoms with Crippen LogP contribution in [0, 0.1) is 0 Å². The van der Waals surface area contributed by atoms with Gasteiger partial charge in [0.25, 0.3) is 0 Å². The summed E-state index contributed by atoms with van der Waals surface area (Å²) in [6, 6.07) is 10.9. The summed E-state index contributed by atoms with van der Waals surface area (Å²) in [5.74, 6) is 0.000671. The summed E-state index contributed by atoms with van der Waals surface area (Å²) >= 11 is 0. The Balaban J connectivity index is 2.10. The Bertz CT molecular complexity index is 582. The van der Waals surface area contributed by atoms with E-state index in [9.17, 15) is 10.2 Å². The summed E-state index contributed by atoms with van der Waals surface area (Å²) in [6.45, 7) is 0. The van der Waals surface area contributed by atoms with Crippen molar-refractivity contribution >= 4 is 11.9 Å². The molecule has 2 rings (SSSR count). The van der Waals surface area contributed by atoms with Crippen LogP contribution >= 0.6 is 0 Å². The Labute approximate surface area is 104 Å². The number of nitrogens with one attached hydrogen (secondary N) is 1. The molecule has 2 aromatic rings. The molecule has 0 atom stereocenters. The zero-order valence-corrected chi connectivity index (χ0v) is 9.41. The van der Waals surface area contributed by atoms with Gasteiger partial charge < -0.3 is 15.3 Å². The first-order valence-corrected chi connectivity index (χ1v) is 5.26. The lowest BCUT2D eigenvalue weighted by Gasteiger charge is -2.03. The third kappa shape index (κ3) is 2.70. The van der Waals surface area contributed by atoms with E-state index in [1.54, 1.807) is 18.2 Å². The van der Waals surface area contributed by atoms with Gasteiger partial charge in [-0.2, -0.15) is 5.10 Å². The van der Waals surface area contributed by atoms with Gasteiger partial charge in [0.2, 0.25) is 0 Å². The number of phenolic OH excluding ortho intramolecular Hbond substituents is 3. The molecule has 4 N–H and O–H groups in total. The molecular weight excluding hydrogens is 232 g/mol. The van der Waals surface area contributed by atoms with Crippen LogP contribution in [0.3, 0.4) is 0 Å². The molecule has 5 heteroatoms. The number of hydrogen-bond donors (Lipinski definition) is 4. The van der Waals surface area contributed by atoms with Crippen molar-refractivity contribution in [3.8, 4) is 17.2 Å². The summed E-state index contributed by atoms with van der Waals surface area (Å²) < 4.78 is 0. The normalized spacial score (nSPS) is 10.7. The first kappa shape index (κ1) is 11.8. The van der Waals surface area contributed by atoms with Gasteiger partial charge in [-0.05, 0) is 24.3 Å². The van der Waals surface area contributed by atoms with Crippen LogP contribution in [0.2, 0.25) is 0 Å². The highest BCUT2D eigenvalue weighted by atomic mass is 16.3. The van der Waals surface area contributed by atoms with Gasteiger partial charge in [0.15, 0.2) is 0 Å². The quantitative estimate of drug-likeness (QED) is 0.379. The fraction of sp³-hybridized carbons (Fsp3) is 0. The molecular formula is C13H12N2O3. The molecule has 18 heavy (non-hydrogen) atoms. The number of para-hydroxylation sites is 2. The molecule has 0 bridgehead atoms. The first-order valence-electron chi connectivity index (χ1n) is 5.26. The number of phenols is 3. The van der Waals surface area contributed by atoms with Gasteiger partial charge in [-0.15, -0.1) is 0 Å². The van der Waals surface area contributed by atoms with Crippen LogP contribution in [0.4, 0.5) is 5.69 Å². The number of nitrogens with zero attached hydrogens (tertiary/aromatic N) is 1. The van der Waals surface area contributed by atoms with E-state index >= 15 is 0 Å². The van der Waals surface area contributed by atoms with Crippen molar-refractivity contribution in [2.24, 2.45) is 5.10 Å². The standard InChI is InChI=1S/C13H12N2O3/c16-10-6-5-9(13(18)7-10)8-14-15-11-3-1-2-4-12(11)17/h1-8,15-18H/b14-8+. The molecule has 0 aromatic heterocycles. The van der Waals surface area contributed by atoms with E-state index in [1.807, 2.05) is 0 Å². The van der Waals surface area contributed by atoms with Crippen molar-refractivity contribution in [1.82, 2.24) is 0 Å². The predicted molar refractivity (Wildman–Crippen MR) is 69.1 cm³/mol. The van der Waals surface area contributed by atoms with Gasteiger partial charge in [-0.1, -0.05) is 12.1 Å². The smallest absolute Gasteiger partial charge is 0.140 e. The molecule has 5 nitrogen and oxygen atoms in total. The second-order valence-corrected chi connectivity index (χ2v) is 3.63. The Morgan fingerprint density at radius 3 is 2.44 bits per heavy atom. The second kappa shape index (κ2) is 5.09. The molecule has 2 aromatic carbocycles. The molecule has 0 radical (unpaired) electrons. The van der Waals surface area contributed by atoms with Gasteiger partial charge >= 0.3 is 0 Å². The molecule has 0 saturated heterocycles. The molecule has 92 valence electrons. The zero-order valence-electron chi connectivity index (χ0n) is 9.41. The summed E-state index contributed by atoms with van der Waals surface area (Å²) in [4.78, 5) is 0. The van der Waals surface area contributed by atoms with E-state index < -0.39 is 0 Å². The topological polar surface area (TPSA) is 85.1 Å². The van der Waals surface area contributed by atoms with Crippen LogP contribution < -0.4 is 5.43 Å². The van der Waals surface area contributed by atoms with Crippen molar-refractivity contribution in [2.45, 2.75) is 0 Å². The minimum absolute atomic E-state index is 0.0155. The van der Waals surface area contributed by atoms with E-state index in [4.69, 9.17) is 5.11 Å². The fourth-order valence-electron chi connectivity index (χ4n) is 1.38. The van der Waals surface area contributed by atoms with E-state index in [0.29, 0.717) is 11.3 Å². The number of rotatable bonds is 3. The Morgan fingerprint density at radius 2 is 1.72 bits per heavy atom. The molecule has 0 saturated carbocycles. The number of aromatic hydroxyl groups is 3. The van der Waals surface area contributed by atoms with Crippen molar-refractivity contribution in [2.75, 3.05) is 5.43 Å². The number of anilines is 1. The minimum Gasteiger partial charge on any atom is -0.508 e. The van der Waals surface area contributed by atoms with Gasteiger partial charge in [0.05, 0.1) is 11.9 Å². The van der Waals surface area contributed by atoms with E-state index in [-0.39, 0.29) is 17.2 Å². The monoisotopic (exact) mass is 244 g/mol. The predicted octanol–water partition coefficient (Wildman–Crippen LogP) is 2.25. The van der Waals surface area contributed by atoms with Crippen LogP contribution in [0.25, 0.3) is 0 Å². The Kier molecular flexibility index (Phi) is 3.33. The Morgan fingerprint density at radius 1 is 0.944 bits per heavy atom. The van der Waals surface area contributed by atoms with Gasteiger partial charge in [-0.25, -0.2) is 0 Å². The van der Waals surface area contributed by atoms with E-state index in [0.717, 1.165) is 0 Å². The number of hydrazone groups is 1. The third-order valence-electron chi connectivity index (χ3n) is 2.31. The molecule has 0 spiro atoms. The lowest BCUT2D eigenvalue weighted by molar-refractivity contribution is 0.450. The Hall–Kier alpha value is -2.69. The van der Waals surface area contributed by atoms with Crippen LogP contribution in [0.5, 0.6) is 17.2 Å². The molecule has 0 heterocycles. The van der Waals surface area contributed by atoms with Crippen LogP contribution in [-0.2, 0) is 0 Å². The maximum atomic E-state index is 9.51. The lowest BCUT2D eigenvalue weighted by atomic mass is 10.2. The summed E-state index contributed by atoms with van der Waals surface area (Å²) in [5.41, 5.74) is 3.57. The van der Waals surface area contributed by atoms with Crippen molar-refractivity contribution in [1.29, 1.82) is 0 Å². The molecule has 0 aliphatic rings. The summed E-state index contributed by atoms with van der Waals surface area (Å²) in [7, 11) is 0. The van der Waals surface area contributed by atoms with E-state index in [1.165, 1.54) is 30.5 Å². The average Bonchev–Trinajstić information content (AvgIpc) is 2.34. The van der Waals surface area contributed by atoms with E-state index in [2.05, 4.69) is 10.5 Å². The lowest BCUT2D eigenvalue weighted by Crippen LogP contribution is -1.91. The largest absolute Gasteiger partial charge is 0.508 e. The highest BCUT2D eigenvalue weighted by Crippen LogP contribution is 2.22. The van der Waals surface area contributed by atoms with Gasteiger partial charge in [0.1, 0.15) is 17.2 Å². The highest BCUT2D eigenvalue weighted by Gasteiger charge is 1.99. The summed E-state index contributed by atoms with van der Waals surface area (Å²) in [6.07, 6.45) is 1.39. The second-order valence-electron chi connectivity index (χ2n) is 3.63. The zero-order chi connectivity index (χ0) is 13.0. The molecule has 0 unspecified atom stereocenters. The summed E-state index contributed by atoms with van der Waals surface area (Å²) in [5, 5.41) is 32.0. The molecule has 0 amide bonds. The fourth-order valence-corrected chi connectivity index (χ4v) is 1.38. The highest BCUT2D eigenvalue weighted by molar-refractivity contribution is 5.84. The first-order chi connectivity index (χ1) is 8.66. The van der Waals surface area contributed by atoms with Crippen LogP contribution in [0.15, 0.2) is 47.6 Å². The number of hydrogen-bond acceptors (Lipinski definition) is 5. The third-order valence-corrected chi connectivity index (χ3v) is 2.31. The minimum atomic E-state index is -0.0715. The SMILES string of the molecule is Oc1ccc(/C=N/Nc2ccccc2O)c(O)c1. The van der Waals surface area contributed by atoms with Gasteiger partial charge in [-0.3, -0.25) is 5.43 Å². The average molecular weight is 244 g/mol. The molecule has 0 aliphatic carbocycles. The van der Waals surface area contributed by atoms with Crippen molar-refractivity contribution in [3.63, 3.8) is 0 Å². The molecule has 0 fully saturated rings. The van der Waals surface area contributed by atoms with Gasteiger partial charge in [0, 0.05) is 11.6 Å². The van der Waals surface area contributed by atoms with Crippen molar-refractivity contribution in [3.05, 3.63) is 48.0 Å². The van der Waals surface area contributed by atoms with Crippen LogP contribution in [-0.4, -0.2) is 21.5 Å².